The van der Waals surface area contributed by atoms with E-state index in [1.807, 2.05) is 18.2 Å². The highest BCUT2D eigenvalue weighted by molar-refractivity contribution is 7.17. The maximum Gasteiger partial charge on any atom is 0.0934 e. The summed E-state index contributed by atoms with van der Waals surface area (Å²) in [4.78, 5) is 1.14. The predicted octanol–water partition coefficient (Wildman–Crippen LogP) is 1.75. The Kier molecular flexibility index (Phi) is 2.69. The second-order valence-electron chi connectivity index (χ2n) is 2.99. The number of hydrogen-bond donors (Lipinski definition) is 2. The van der Waals surface area contributed by atoms with E-state index in [4.69, 9.17) is 11.6 Å². The van der Waals surface area contributed by atoms with E-state index in [2.05, 4.69) is 5.32 Å². The Bertz CT molecular complexity index is 334. The average Bonchev–Trinajstić information content (AvgIpc) is 2.52. The number of β-amino-alcohol motifs (C(OH)–C–C–N with tert-alkyl or cyclic N) is 1. The van der Waals surface area contributed by atoms with Crippen LogP contribution >= 0.6 is 22.9 Å². The molecule has 0 radical (unpaired) electrons. The van der Waals surface area contributed by atoms with Gasteiger partial charge >= 0.3 is 0 Å². The van der Waals surface area contributed by atoms with Gasteiger partial charge in [-0.1, -0.05) is 11.6 Å². The highest BCUT2D eigenvalue weighted by Gasteiger charge is 2.12. The first-order chi connectivity index (χ1) is 6.25. The average molecular weight is 216 g/mol. The summed E-state index contributed by atoms with van der Waals surface area (Å²) in [6, 6.07) is 3.86. The SMILES string of the molecule is OC1C=C(c2ccc(Cl)s2)CNC1. The van der Waals surface area contributed by atoms with E-state index in [9.17, 15) is 5.11 Å². The molecule has 2 N–H and O–H groups in total. The Morgan fingerprint density at radius 1 is 1.54 bits per heavy atom. The van der Waals surface area contributed by atoms with Gasteiger partial charge in [-0.05, 0) is 23.8 Å². The van der Waals surface area contributed by atoms with Crippen molar-refractivity contribution in [3.05, 3.63) is 27.4 Å². The fraction of sp³-hybridized carbons (Fsp3) is 0.333. The molecule has 0 saturated carbocycles. The zero-order chi connectivity index (χ0) is 9.26. The molecule has 2 heterocycles. The van der Waals surface area contributed by atoms with Crippen LogP contribution < -0.4 is 5.32 Å². The van der Waals surface area contributed by atoms with Crippen LogP contribution in [0.4, 0.5) is 0 Å². The Balaban J connectivity index is 2.25. The molecule has 0 bridgehead atoms. The second kappa shape index (κ2) is 3.80. The summed E-state index contributed by atoms with van der Waals surface area (Å²) in [5, 5.41) is 12.5. The molecule has 0 aliphatic carbocycles. The van der Waals surface area contributed by atoms with Crippen LogP contribution in [0.5, 0.6) is 0 Å². The molecule has 70 valence electrons. The van der Waals surface area contributed by atoms with Crippen molar-refractivity contribution in [2.75, 3.05) is 13.1 Å². The molecule has 0 amide bonds. The summed E-state index contributed by atoms with van der Waals surface area (Å²) in [5.74, 6) is 0. The summed E-state index contributed by atoms with van der Waals surface area (Å²) in [6.45, 7) is 1.45. The number of aliphatic hydroxyl groups is 1. The maximum atomic E-state index is 9.38. The van der Waals surface area contributed by atoms with Crippen LogP contribution in [0.1, 0.15) is 4.88 Å². The van der Waals surface area contributed by atoms with Gasteiger partial charge in [0.15, 0.2) is 0 Å². The van der Waals surface area contributed by atoms with Crippen molar-refractivity contribution >= 4 is 28.5 Å². The van der Waals surface area contributed by atoms with E-state index >= 15 is 0 Å². The van der Waals surface area contributed by atoms with Gasteiger partial charge in [-0.2, -0.15) is 0 Å². The molecule has 2 rings (SSSR count). The quantitative estimate of drug-likeness (QED) is 0.748. The van der Waals surface area contributed by atoms with E-state index < -0.39 is 0 Å². The zero-order valence-electron chi connectivity index (χ0n) is 6.96. The summed E-state index contributed by atoms with van der Waals surface area (Å²) in [7, 11) is 0. The molecule has 1 aromatic rings. The van der Waals surface area contributed by atoms with Crippen LogP contribution in [0.25, 0.3) is 5.57 Å². The van der Waals surface area contributed by atoms with Gasteiger partial charge in [0.05, 0.1) is 10.4 Å². The fourth-order valence-corrected chi connectivity index (χ4v) is 2.43. The van der Waals surface area contributed by atoms with E-state index in [-0.39, 0.29) is 6.10 Å². The molecule has 1 aliphatic rings. The van der Waals surface area contributed by atoms with Crippen LogP contribution in [0.3, 0.4) is 0 Å². The molecule has 13 heavy (non-hydrogen) atoms. The number of aliphatic hydroxyl groups excluding tert-OH is 1. The van der Waals surface area contributed by atoms with Crippen molar-refractivity contribution in [1.82, 2.24) is 5.32 Å². The minimum atomic E-state index is -0.371. The first-order valence-electron chi connectivity index (χ1n) is 4.11. The molecule has 0 spiro atoms. The van der Waals surface area contributed by atoms with Gasteiger partial charge in [0, 0.05) is 18.0 Å². The largest absolute Gasteiger partial charge is 0.388 e. The number of nitrogens with one attached hydrogen (secondary N) is 1. The third-order valence-corrected chi connectivity index (χ3v) is 3.26. The lowest BCUT2D eigenvalue weighted by atomic mass is 10.1. The molecular formula is C9H10ClNOS. The first kappa shape index (κ1) is 9.21. The number of thiophene rings is 1. The van der Waals surface area contributed by atoms with Crippen molar-refractivity contribution in [2.45, 2.75) is 6.10 Å². The molecule has 1 aliphatic heterocycles. The Labute approximate surface area is 85.8 Å². The molecule has 0 fully saturated rings. The number of rotatable bonds is 1. The highest BCUT2D eigenvalue weighted by atomic mass is 35.5. The Hall–Kier alpha value is -0.350. The third kappa shape index (κ3) is 2.11. The molecule has 1 unspecified atom stereocenters. The minimum Gasteiger partial charge on any atom is -0.388 e. The van der Waals surface area contributed by atoms with Crippen LogP contribution in [0.15, 0.2) is 18.2 Å². The van der Waals surface area contributed by atoms with Gasteiger partial charge in [0.1, 0.15) is 0 Å². The fourth-order valence-electron chi connectivity index (χ4n) is 1.36. The first-order valence-corrected chi connectivity index (χ1v) is 5.30. The van der Waals surface area contributed by atoms with Gasteiger partial charge in [0.25, 0.3) is 0 Å². The van der Waals surface area contributed by atoms with Crippen LogP contribution in [-0.2, 0) is 0 Å². The Morgan fingerprint density at radius 2 is 2.38 bits per heavy atom. The Morgan fingerprint density at radius 3 is 3.00 bits per heavy atom. The summed E-state index contributed by atoms with van der Waals surface area (Å²) in [6.07, 6.45) is 1.52. The van der Waals surface area contributed by atoms with Crippen LogP contribution in [0.2, 0.25) is 4.34 Å². The van der Waals surface area contributed by atoms with Crippen LogP contribution in [-0.4, -0.2) is 24.3 Å². The second-order valence-corrected chi connectivity index (χ2v) is 4.71. The lowest BCUT2D eigenvalue weighted by molar-refractivity contribution is 0.217. The van der Waals surface area contributed by atoms with Crippen molar-refractivity contribution in [3.8, 4) is 0 Å². The summed E-state index contributed by atoms with van der Waals surface area (Å²) < 4.78 is 0.788. The standard InChI is InChI=1S/C9H10ClNOS/c10-9-2-1-8(13-9)6-3-7(12)5-11-4-6/h1-3,7,11-12H,4-5H2. The monoisotopic (exact) mass is 215 g/mol. The van der Waals surface area contributed by atoms with E-state index in [1.54, 1.807) is 11.3 Å². The highest BCUT2D eigenvalue weighted by Crippen LogP contribution is 2.28. The van der Waals surface area contributed by atoms with Crippen molar-refractivity contribution < 1.29 is 5.11 Å². The van der Waals surface area contributed by atoms with Gasteiger partial charge in [-0.3, -0.25) is 0 Å². The molecule has 2 nitrogen and oxygen atoms in total. The third-order valence-electron chi connectivity index (χ3n) is 1.95. The maximum absolute atomic E-state index is 9.38. The predicted molar refractivity (Wildman–Crippen MR) is 56.2 cm³/mol. The van der Waals surface area contributed by atoms with Crippen molar-refractivity contribution in [3.63, 3.8) is 0 Å². The molecular weight excluding hydrogens is 206 g/mol. The van der Waals surface area contributed by atoms with Crippen molar-refractivity contribution in [1.29, 1.82) is 0 Å². The van der Waals surface area contributed by atoms with Gasteiger partial charge in [-0.25, -0.2) is 0 Å². The minimum absolute atomic E-state index is 0.371. The van der Waals surface area contributed by atoms with Crippen molar-refractivity contribution in [2.24, 2.45) is 0 Å². The molecule has 4 heteroatoms. The molecule has 1 atom stereocenters. The van der Waals surface area contributed by atoms with Crippen LogP contribution in [0, 0.1) is 0 Å². The van der Waals surface area contributed by atoms with E-state index in [1.165, 1.54) is 0 Å². The van der Waals surface area contributed by atoms with E-state index in [0.717, 1.165) is 21.3 Å². The number of halogens is 1. The zero-order valence-corrected chi connectivity index (χ0v) is 8.53. The van der Waals surface area contributed by atoms with E-state index in [0.29, 0.717) is 6.54 Å². The molecule has 1 aromatic heterocycles. The number of hydrogen-bond acceptors (Lipinski definition) is 3. The normalized spacial score (nSPS) is 22.9. The topological polar surface area (TPSA) is 32.3 Å². The lowest BCUT2D eigenvalue weighted by Crippen LogP contribution is -2.31. The summed E-state index contributed by atoms with van der Waals surface area (Å²) in [5.41, 5.74) is 1.13. The van der Waals surface area contributed by atoms with Gasteiger partial charge in [0.2, 0.25) is 0 Å². The molecule has 0 saturated heterocycles. The summed E-state index contributed by atoms with van der Waals surface area (Å²) >= 11 is 7.37. The lowest BCUT2D eigenvalue weighted by Gasteiger charge is -2.17. The van der Waals surface area contributed by atoms with Gasteiger partial charge in [-0.15, -0.1) is 11.3 Å². The smallest absolute Gasteiger partial charge is 0.0934 e. The van der Waals surface area contributed by atoms with Gasteiger partial charge < -0.3 is 10.4 Å². The molecule has 0 aromatic carbocycles.